The number of benzene rings is 1. The van der Waals surface area contributed by atoms with E-state index in [9.17, 15) is 4.39 Å². The molecule has 0 atom stereocenters. The van der Waals surface area contributed by atoms with Crippen LogP contribution in [0.25, 0.3) is 11.0 Å². The van der Waals surface area contributed by atoms with Crippen LogP contribution in [0.15, 0.2) is 18.2 Å². The smallest absolute Gasteiger partial charge is 0.125 e. The van der Waals surface area contributed by atoms with E-state index in [4.69, 9.17) is 5.73 Å². The van der Waals surface area contributed by atoms with Crippen molar-refractivity contribution < 1.29 is 4.39 Å². The van der Waals surface area contributed by atoms with E-state index in [2.05, 4.69) is 16.5 Å². The maximum Gasteiger partial charge on any atom is 0.125 e. The van der Waals surface area contributed by atoms with Gasteiger partial charge in [0.05, 0.1) is 11.0 Å². The van der Waals surface area contributed by atoms with Crippen molar-refractivity contribution in [1.29, 1.82) is 0 Å². The minimum atomic E-state index is -0.225. The summed E-state index contributed by atoms with van der Waals surface area (Å²) in [4.78, 5) is 4.55. The fraction of sp³-hybridized carbons (Fsp3) is 0.500. The van der Waals surface area contributed by atoms with Gasteiger partial charge >= 0.3 is 0 Å². The molecule has 0 aliphatic carbocycles. The molecule has 2 aromatic rings. The summed E-state index contributed by atoms with van der Waals surface area (Å²) in [6.45, 7) is 3.78. The van der Waals surface area contributed by atoms with E-state index in [-0.39, 0.29) is 5.82 Å². The van der Waals surface area contributed by atoms with Crippen molar-refractivity contribution in [3.05, 3.63) is 29.8 Å². The molecule has 0 bridgehead atoms. The van der Waals surface area contributed by atoms with Gasteiger partial charge in [0, 0.05) is 19.0 Å². The number of aryl methyl sites for hydroxylation is 2. The van der Waals surface area contributed by atoms with E-state index < -0.39 is 0 Å². The average molecular weight is 249 g/mol. The summed E-state index contributed by atoms with van der Waals surface area (Å²) in [5, 5.41) is 0. The number of nitrogens with zero attached hydrogens (tertiary/aromatic N) is 2. The van der Waals surface area contributed by atoms with Crippen LogP contribution in [0.5, 0.6) is 0 Å². The van der Waals surface area contributed by atoms with Crippen LogP contribution in [0.2, 0.25) is 0 Å². The van der Waals surface area contributed by atoms with Crippen LogP contribution in [-0.4, -0.2) is 16.1 Å². The fourth-order valence-corrected chi connectivity index (χ4v) is 2.24. The molecule has 0 spiro atoms. The van der Waals surface area contributed by atoms with Crippen molar-refractivity contribution in [2.45, 2.75) is 39.2 Å². The van der Waals surface area contributed by atoms with Crippen LogP contribution >= 0.6 is 0 Å². The van der Waals surface area contributed by atoms with E-state index in [1.165, 1.54) is 12.1 Å². The lowest BCUT2D eigenvalue weighted by Crippen LogP contribution is -2.05. The van der Waals surface area contributed by atoms with E-state index in [0.717, 1.165) is 49.1 Å². The second-order valence-corrected chi connectivity index (χ2v) is 4.56. The van der Waals surface area contributed by atoms with Gasteiger partial charge in [-0.1, -0.05) is 6.92 Å². The Kier molecular flexibility index (Phi) is 4.31. The highest BCUT2D eigenvalue weighted by Crippen LogP contribution is 2.19. The predicted molar refractivity (Wildman–Crippen MR) is 72.0 cm³/mol. The molecule has 0 unspecified atom stereocenters. The standard InChI is InChI=1S/C14H20FN3/c1-2-9-18-13-7-6-11(15)10-12(13)17-14(18)5-3-4-8-16/h6-7,10H,2-5,8-9,16H2,1H3. The van der Waals surface area contributed by atoms with E-state index in [1.54, 1.807) is 0 Å². The van der Waals surface area contributed by atoms with Crippen molar-refractivity contribution in [1.82, 2.24) is 9.55 Å². The van der Waals surface area contributed by atoms with Gasteiger partial charge in [-0.2, -0.15) is 0 Å². The normalized spacial score (nSPS) is 11.3. The third-order valence-electron chi connectivity index (χ3n) is 3.09. The summed E-state index contributed by atoms with van der Waals surface area (Å²) in [6, 6.07) is 4.83. The molecule has 1 aromatic carbocycles. The summed E-state index contributed by atoms with van der Waals surface area (Å²) in [5.41, 5.74) is 7.29. The molecule has 0 fully saturated rings. The highest BCUT2D eigenvalue weighted by molar-refractivity contribution is 5.76. The third kappa shape index (κ3) is 2.70. The van der Waals surface area contributed by atoms with Crippen molar-refractivity contribution in [3.8, 4) is 0 Å². The molecule has 0 saturated carbocycles. The first kappa shape index (κ1) is 13.0. The number of halogens is 1. The van der Waals surface area contributed by atoms with Gasteiger partial charge in [0.2, 0.25) is 0 Å². The van der Waals surface area contributed by atoms with Gasteiger partial charge in [-0.05, 0) is 37.9 Å². The second-order valence-electron chi connectivity index (χ2n) is 4.56. The van der Waals surface area contributed by atoms with Gasteiger partial charge in [0.15, 0.2) is 0 Å². The molecule has 0 saturated heterocycles. The molecule has 0 aliphatic heterocycles. The van der Waals surface area contributed by atoms with Gasteiger partial charge in [-0.15, -0.1) is 0 Å². The molecule has 3 nitrogen and oxygen atoms in total. The van der Waals surface area contributed by atoms with Crippen LogP contribution in [0.3, 0.4) is 0 Å². The summed E-state index contributed by atoms with van der Waals surface area (Å²) < 4.78 is 15.4. The van der Waals surface area contributed by atoms with Crippen LogP contribution < -0.4 is 5.73 Å². The molecular formula is C14H20FN3. The Hall–Kier alpha value is -1.42. The molecule has 18 heavy (non-hydrogen) atoms. The summed E-state index contributed by atoms with van der Waals surface area (Å²) in [6.07, 6.45) is 4.00. The number of nitrogens with two attached hydrogens (primary N) is 1. The topological polar surface area (TPSA) is 43.8 Å². The Bertz CT molecular complexity index is 519. The van der Waals surface area contributed by atoms with Crippen LogP contribution in [0.1, 0.15) is 32.0 Å². The molecule has 0 aliphatic rings. The van der Waals surface area contributed by atoms with Gasteiger partial charge in [-0.3, -0.25) is 0 Å². The lowest BCUT2D eigenvalue weighted by molar-refractivity contribution is 0.625. The van der Waals surface area contributed by atoms with E-state index >= 15 is 0 Å². The lowest BCUT2D eigenvalue weighted by atomic mass is 10.2. The first-order valence-electron chi connectivity index (χ1n) is 6.61. The Morgan fingerprint density at radius 3 is 2.89 bits per heavy atom. The van der Waals surface area contributed by atoms with E-state index in [1.807, 2.05) is 6.07 Å². The van der Waals surface area contributed by atoms with E-state index in [0.29, 0.717) is 6.54 Å². The molecule has 0 amide bonds. The second kappa shape index (κ2) is 5.96. The largest absolute Gasteiger partial charge is 0.330 e. The molecule has 1 aromatic heterocycles. The predicted octanol–water partition coefficient (Wildman–Crippen LogP) is 2.87. The Morgan fingerprint density at radius 1 is 1.33 bits per heavy atom. The number of unbranched alkanes of at least 4 members (excludes halogenated alkanes) is 1. The van der Waals surface area contributed by atoms with Gasteiger partial charge in [-0.25, -0.2) is 9.37 Å². The van der Waals surface area contributed by atoms with Crippen LogP contribution in [-0.2, 0) is 13.0 Å². The lowest BCUT2D eigenvalue weighted by Gasteiger charge is -2.07. The summed E-state index contributed by atoms with van der Waals surface area (Å²) in [7, 11) is 0. The first-order valence-corrected chi connectivity index (χ1v) is 6.61. The molecule has 4 heteroatoms. The summed E-state index contributed by atoms with van der Waals surface area (Å²) in [5.74, 6) is 0.822. The van der Waals surface area contributed by atoms with Crippen LogP contribution in [0, 0.1) is 5.82 Å². The zero-order valence-electron chi connectivity index (χ0n) is 10.8. The van der Waals surface area contributed by atoms with Crippen molar-refractivity contribution >= 4 is 11.0 Å². The molecule has 2 N–H and O–H groups in total. The number of hydrogen-bond acceptors (Lipinski definition) is 2. The van der Waals surface area contributed by atoms with Gasteiger partial charge in [0.25, 0.3) is 0 Å². The Labute approximate surface area is 107 Å². The monoisotopic (exact) mass is 249 g/mol. The maximum atomic E-state index is 13.2. The highest BCUT2D eigenvalue weighted by Gasteiger charge is 2.10. The number of fused-ring (bicyclic) bond motifs is 1. The number of imidazole rings is 1. The van der Waals surface area contributed by atoms with Crippen molar-refractivity contribution in [2.75, 3.05) is 6.54 Å². The third-order valence-corrected chi connectivity index (χ3v) is 3.09. The molecular weight excluding hydrogens is 229 g/mol. The number of hydrogen-bond donors (Lipinski definition) is 1. The zero-order valence-corrected chi connectivity index (χ0v) is 10.8. The molecule has 1 heterocycles. The number of aromatic nitrogens is 2. The van der Waals surface area contributed by atoms with Gasteiger partial charge < -0.3 is 10.3 Å². The van der Waals surface area contributed by atoms with Gasteiger partial charge in [0.1, 0.15) is 11.6 Å². The first-order chi connectivity index (χ1) is 8.76. The zero-order chi connectivity index (χ0) is 13.0. The Morgan fingerprint density at radius 2 is 2.17 bits per heavy atom. The maximum absolute atomic E-state index is 13.2. The molecule has 98 valence electrons. The van der Waals surface area contributed by atoms with Crippen molar-refractivity contribution in [3.63, 3.8) is 0 Å². The Balaban J connectivity index is 2.34. The minimum Gasteiger partial charge on any atom is -0.330 e. The van der Waals surface area contributed by atoms with Crippen LogP contribution in [0.4, 0.5) is 4.39 Å². The molecule has 0 radical (unpaired) electrons. The molecule has 2 rings (SSSR count). The minimum absolute atomic E-state index is 0.225. The fourth-order valence-electron chi connectivity index (χ4n) is 2.24. The van der Waals surface area contributed by atoms with Crippen molar-refractivity contribution in [2.24, 2.45) is 5.73 Å². The highest BCUT2D eigenvalue weighted by atomic mass is 19.1. The quantitative estimate of drug-likeness (QED) is 0.800. The SMILES string of the molecule is CCCn1c(CCCCN)nc2cc(F)ccc21. The number of rotatable bonds is 6. The summed E-state index contributed by atoms with van der Waals surface area (Å²) >= 11 is 0. The average Bonchev–Trinajstić information content (AvgIpc) is 2.68.